The van der Waals surface area contributed by atoms with Crippen molar-refractivity contribution in [2.75, 3.05) is 32.3 Å². The largest absolute Gasteiger partial charge is 0.484 e. The maximum absolute atomic E-state index is 12.9. The van der Waals surface area contributed by atoms with E-state index in [2.05, 4.69) is 79.7 Å². The third-order valence-corrected chi connectivity index (χ3v) is 7.69. The van der Waals surface area contributed by atoms with Gasteiger partial charge < -0.3 is 25.7 Å². The van der Waals surface area contributed by atoms with Gasteiger partial charge in [0.1, 0.15) is 6.61 Å². The number of methoxy groups -OCH3 is 2. The molecule has 1 aliphatic rings. The molecule has 0 aliphatic heterocycles. The molecule has 41 heavy (non-hydrogen) atoms. The monoisotopic (exact) mass is 560 g/mol. The number of benzene rings is 2. The van der Waals surface area contributed by atoms with Gasteiger partial charge in [-0.05, 0) is 105 Å². The highest BCUT2D eigenvalue weighted by molar-refractivity contribution is 6.06. The zero-order chi connectivity index (χ0) is 30.6. The molecule has 222 valence electrons. The molecular weight excluding hydrogens is 512 g/mol. The summed E-state index contributed by atoms with van der Waals surface area (Å²) in [7, 11) is 3.08. The minimum Gasteiger partial charge on any atom is -0.484 e. The molecule has 4 N–H and O–H groups in total. The van der Waals surface area contributed by atoms with Gasteiger partial charge in [0.05, 0.1) is 0 Å². The number of carbonyl (C=O) groups is 1. The molecule has 0 spiro atoms. The van der Waals surface area contributed by atoms with Gasteiger partial charge in [0.25, 0.3) is 0 Å². The highest BCUT2D eigenvalue weighted by Gasteiger charge is 2.23. The van der Waals surface area contributed by atoms with Crippen LogP contribution in [0.2, 0.25) is 0 Å². The van der Waals surface area contributed by atoms with E-state index in [1.807, 2.05) is 12.2 Å². The Morgan fingerprint density at radius 2 is 1.07 bits per heavy atom. The van der Waals surface area contributed by atoms with Gasteiger partial charge in [0.15, 0.2) is 12.0 Å². The van der Waals surface area contributed by atoms with Crippen molar-refractivity contribution >= 4 is 22.7 Å². The summed E-state index contributed by atoms with van der Waals surface area (Å²) in [6.07, 6.45) is 4.67. The lowest BCUT2D eigenvalue weighted by molar-refractivity contribution is -0.136. The van der Waals surface area contributed by atoms with Gasteiger partial charge >= 0.3 is 0 Å². The maximum atomic E-state index is 12.9. The van der Waals surface area contributed by atoms with Gasteiger partial charge in [-0.25, -0.2) is 0 Å². The smallest absolute Gasteiger partial charge is 0.220 e. The Balaban J connectivity index is 2.42. The van der Waals surface area contributed by atoms with Crippen LogP contribution in [0.1, 0.15) is 112 Å². The van der Waals surface area contributed by atoms with Gasteiger partial charge in [-0.2, -0.15) is 0 Å². The first-order valence-corrected chi connectivity index (χ1v) is 14.5. The van der Waals surface area contributed by atoms with Crippen LogP contribution in [-0.4, -0.2) is 32.9 Å². The van der Waals surface area contributed by atoms with Crippen molar-refractivity contribution in [1.29, 1.82) is 0 Å². The fraction of sp³-hybridized carbons (Fsp3) is 0.457. The summed E-state index contributed by atoms with van der Waals surface area (Å²) in [5, 5.41) is 0. The molecule has 0 fully saturated rings. The van der Waals surface area contributed by atoms with E-state index < -0.39 is 6.29 Å². The summed E-state index contributed by atoms with van der Waals surface area (Å²) >= 11 is 0. The standard InChI is InChI=1S/C35H48N2O4/c1-19(2)26-13-24(14-27(20(3)4)34(26)36)33(25-15-28(21(5)6)35(37)29(16-25)22(7)8)23-11-12-30(38)31(17-23)41-18-32(39-9)40-10/h11-17,19-22,32H,18,36-37H2,1-10H3. The first kappa shape index (κ1) is 32.2. The zero-order valence-electron chi connectivity index (χ0n) is 26.4. The number of ether oxygens (including phenoxy) is 3. The van der Waals surface area contributed by atoms with Crippen LogP contribution in [0.5, 0.6) is 0 Å². The maximum Gasteiger partial charge on any atom is 0.220 e. The SMILES string of the molecule is COC(COC1=CC(=C(c2cc(C(C)C)c(N)c(C(C)C)c2)c2cc(C(C)C)c(N)c(C(C)C)c2)C=CC1=O)OC. The molecule has 2 aromatic carbocycles. The van der Waals surface area contributed by atoms with Crippen molar-refractivity contribution in [3.63, 3.8) is 0 Å². The molecule has 0 aromatic heterocycles. The van der Waals surface area contributed by atoms with Crippen LogP contribution >= 0.6 is 0 Å². The predicted octanol–water partition coefficient (Wildman–Crippen LogP) is 7.80. The Labute approximate surface area is 246 Å². The first-order valence-electron chi connectivity index (χ1n) is 14.5. The summed E-state index contributed by atoms with van der Waals surface area (Å²) in [4.78, 5) is 12.9. The first-order chi connectivity index (χ1) is 19.3. The number of nitrogen functional groups attached to an aromatic ring is 2. The molecule has 0 saturated heterocycles. The van der Waals surface area contributed by atoms with Gasteiger partial charge in [-0.1, -0.05) is 61.5 Å². The van der Waals surface area contributed by atoms with Crippen molar-refractivity contribution < 1.29 is 19.0 Å². The Hall–Kier alpha value is -3.35. The molecule has 6 heteroatoms. The molecule has 2 aromatic rings. The van der Waals surface area contributed by atoms with E-state index in [0.717, 1.165) is 55.9 Å². The van der Waals surface area contributed by atoms with Crippen molar-refractivity contribution in [3.8, 4) is 0 Å². The van der Waals surface area contributed by atoms with Crippen molar-refractivity contribution in [1.82, 2.24) is 0 Å². The number of allylic oxidation sites excluding steroid dienone is 4. The van der Waals surface area contributed by atoms with Crippen LogP contribution in [0.4, 0.5) is 11.4 Å². The molecule has 1 aliphatic carbocycles. The second-order valence-corrected chi connectivity index (χ2v) is 12.0. The molecule has 0 radical (unpaired) electrons. The quantitative estimate of drug-likeness (QED) is 0.215. The topological polar surface area (TPSA) is 96.8 Å². The van der Waals surface area contributed by atoms with Crippen LogP contribution in [-0.2, 0) is 19.0 Å². The number of nitrogens with two attached hydrogens (primary N) is 2. The number of hydrogen-bond acceptors (Lipinski definition) is 6. The van der Waals surface area contributed by atoms with Crippen LogP contribution < -0.4 is 11.5 Å². The summed E-state index contributed by atoms with van der Waals surface area (Å²) in [5.41, 5.74) is 23.5. The zero-order valence-corrected chi connectivity index (χ0v) is 26.4. The Morgan fingerprint density at radius 3 is 1.41 bits per heavy atom. The molecule has 0 heterocycles. The molecule has 0 saturated carbocycles. The summed E-state index contributed by atoms with van der Waals surface area (Å²) < 4.78 is 16.4. The molecule has 0 amide bonds. The van der Waals surface area contributed by atoms with Gasteiger partial charge in [-0.3, -0.25) is 4.79 Å². The molecular formula is C35H48N2O4. The van der Waals surface area contributed by atoms with Crippen LogP contribution in [0.15, 0.2) is 53.8 Å². The van der Waals surface area contributed by atoms with Crippen LogP contribution in [0, 0.1) is 0 Å². The van der Waals surface area contributed by atoms with Crippen LogP contribution in [0.25, 0.3) is 5.57 Å². The van der Waals surface area contributed by atoms with E-state index in [-0.39, 0.29) is 41.8 Å². The van der Waals surface area contributed by atoms with E-state index in [1.165, 1.54) is 14.2 Å². The second kappa shape index (κ2) is 13.5. The predicted molar refractivity (Wildman–Crippen MR) is 170 cm³/mol. The third-order valence-electron chi connectivity index (χ3n) is 7.69. The van der Waals surface area contributed by atoms with E-state index in [4.69, 9.17) is 25.7 Å². The van der Waals surface area contributed by atoms with Gasteiger partial charge in [0.2, 0.25) is 5.78 Å². The highest BCUT2D eigenvalue weighted by atomic mass is 16.7. The lowest BCUT2D eigenvalue weighted by Crippen LogP contribution is -2.22. The normalized spacial score (nSPS) is 13.8. The number of carbonyl (C=O) groups excluding carboxylic acids is 1. The second-order valence-electron chi connectivity index (χ2n) is 12.0. The molecule has 3 rings (SSSR count). The van der Waals surface area contributed by atoms with E-state index in [9.17, 15) is 4.79 Å². The average molecular weight is 561 g/mol. The Kier molecular flexibility index (Phi) is 10.6. The lowest BCUT2D eigenvalue weighted by atomic mass is 9.82. The summed E-state index contributed by atoms with van der Waals surface area (Å²) in [6.45, 7) is 17.4. The number of anilines is 2. The third kappa shape index (κ3) is 7.11. The fourth-order valence-electron chi connectivity index (χ4n) is 5.26. The van der Waals surface area contributed by atoms with Crippen molar-refractivity contribution in [3.05, 3.63) is 87.2 Å². The minimum absolute atomic E-state index is 0.0920. The van der Waals surface area contributed by atoms with E-state index in [0.29, 0.717) is 0 Å². The average Bonchev–Trinajstić information content (AvgIpc) is 2.91. The van der Waals surface area contributed by atoms with Crippen molar-refractivity contribution in [2.24, 2.45) is 0 Å². The Morgan fingerprint density at radius 1 is 0.683 bits per heavy atom. The number of ketones is 1. The molecule has 0 bridgehead atoms. The Bertz CT molecular complexity index is 1230. The van der Waals surface area contributed by atoms with Gasteiger partial charge in [-0.15, -0.1) is 0 Å². The fourth-order valence-corrected chi connectivity index (χ4v) is 5.26. The summed E-state index contributed by atoms with van der Waals surface area (Å²) in [6, 6.07) is 8.77. The van der Waals surface area contributed by atoms with Crippen LogP contribution in [0.3, 0.4) is 0 Å². The number of rotatable bonds is 11. The van der Waals surface area contributed by atoms with Crippen molar-refractivity contribution in [2.45, 2.75) is 85.4 Å². The minimum atomic E-state index is -0.583. The van der Waals surface area contributed by atoms with E-state index >= 15 is 0 Å². The molecule has 0 atom stereocenters. The highest BCUT2D eigenvalue weighted by Crippen LogP contribution is 2.41. The number of hydrogen-bond donors (Lipinski definition) is 2. The van der Waals surface area contributed by atoms with Gasteiger partial charge in [0, 0.05) is 25.6 Å². The molecule has 0 unspecified atom stereocenters. The lowest BCUT2D eigenvalue weighted by Gasteiger charge is -2.24. The van der Waals surface area contributed by atoms with E-state index in [1.54, 1.807) is 6.08 Å². The molecule has 6 nitrogen and oxygen atoms in total. The summed E-state index contributed by atoms with van der Waals surface area (Å²) in [5.74, 6) is 0.985.